The summed E-state index contributed by atoms with van der Waals surface area (Å²) < 4.78 is 0. The SMILES string of the molecule is CCCCCC1CCC(CCC2CCC(/C=C/Br)CC2)CC1. The van der Waals surface area contributed by atoms with E-state index in [4.69, 9.17) is 0 Å². The molecule has 0 heterocycles. The predicted octanol–water partition coefficient (Wildman–Crippen LogP) is 7.87. The molecule has 0 N–H and O–H groups in total. The molecule has 0 aromatic rings. The third-order valence-corrected chi connectivity index (χ3v) is 6.71. The van der Waals surface area contributed by atoms with Crippen LogP contribution in [0.25, 0.3) is 0 Å². The first-order valence-corrected chi connectivity index (χ1v) is 11.0. The van der Waals surface area contributed by atoms with Crippen LogP contribution in [-0.4, -0.2) is 0 Å². The molecule has 0 bridgehead atoms. The van der Waals surface area contributed by atoms with Crippen LogP contribution in [0.3, 0.4) is 0 Å². The van der Waals surface area contributed by atoms with Gasteiger partial charge in [-0.3, -0.25) is 0 Å². The van der Waals surface area contributed by atoms with Crippen LogP contribution in [0.4, 0.5) is 0 Å². The fourth-order valence-corrected chi connectivity index (χ4v) is 5.17. The molecule has 22 heavy (non-hydrogen) atoms. The Kier molecular flexibility index (Phi) is 9.19. The van der Waals surface area contributed by atoms with Gasteiger partial charge >= 0.3 is 0 Å². The van der Waals surface area contributed by atoms with Crippen molar-refractivity contribution < 1.29 is 0 Å². The van der Waals surface area contributed by atoms with Gasteiger partial charge in [0.2, 0.25) is 0 Å². The highest BCUT2D eigenvalue weighted by molar-refractivity contribution is 9.11. The molecule has 0 unspecified atom stereocenters. The van der Waals surface area contributed by atoms with Crippen LogP contribution in [0.15, 0.2) is 11.1 Å². The van der Waals surface area contributed by atoms with Crippen molar-refractivity contribution in [3.8, 4) is 0 Å². The number of rotatable bonds is 8. The minimum Gasteiger partial charge on any atom is -0.0745 e. The van der Waals surface area contributed by atoms with Gasteiger partial charge in [0.1, 0.15) is 0 Å². The van der Waals surface area contributed by atoms with Gasteiger partial charge in [-0.2, -0.15) is 0 Å². The van der Waals surface area contributed by atoms with Crippen LogP contribution in [0, 0.1) is 23.7 Å². The van der Waals surface area contributed by atoms with E-state index in [1.165, 1.54) is 77.0 Å². The third-order valence-electron chi connectivity index (χ3n) is 6.40. The molecule has 0 nitrogen and oxygen atoms in total. The first kappa shape index (κ1) is 18.6. The van der Waals surface area contributed by atoms with Gasteiger partial charge in [0, 0.05) is 0 Å². The quantitative estimate of drug-likeness (QED) is 0.382. The molecule has 0 radical (unpaired) electrons. The van der Waals surface area contributed by atoms with Crippen molar-refractivity contribution in [2.24, 2.45) is 23.7 Å². The Hall–Kier alpha value is 0.220. The van der Waals surface area contributed by atoms with Crippen LogP contribution in [0.1, 0.15) is 96.8 Å². The van der Waals surface area contributed by atoms with E-state index >= 15 is 0 Å². The monoisotopic (exact) mass is 368 g/mol. The van der Waals surface area contributed by atoms with Crippen LogP contribution in [-0.2, 0) is 0 Å². The molecule has 2 saturated carbocycles. The van der Waals surface area contributed by atoms with E-state index in [0.717, 1.165) is 23.7 Å². The third kappa shape index (κ3) is 6.77. The second-order valence-electron chi connectivity index (χ2n) is 8.06. The van der Waals surface area contributed by atoms with Gasteiger partial charge in [0.25, 0.3) is 0 Å². The van der Waals surface area contributed by atoms with Crippen LogP contribution >= 0.6 is 15.9 Å². The minimum atomic E-state index is 0.856. The van der Waals surface area contributed by atoms with E-state index < -0.39 is 0 Å². The van der Waals surface area contributed by atoms with Gasteiger partial charge in [0.15, 0.2) is 0 Å². The van der Waals surface area contributed by atoms with Crippen molar-refractivity contribution in [2.45, 2.75) is 96.8 Å². The maximum atomic E-state index is 3.43. The van der Waals surface area contributed by atoms with Crippen molar-refractivity contribution in [1.29, 1.82) is 0 Å². The number of hydrogen-bond acceptors (Lipinski definition) is 0. The number of allylic oxidation sites excluding steroid dienone is 1. The van der Waals surface area contributed by atoms with E-state index in [-0.39, 0.29) is 0 Å². The van der Waals surface area contributed by atoms with Crippen LogP contribution in [0.5, 0.6) is 0 Å². The summed E-state index contributed by atoms with van der Waals surface area (Å²) in [4.78, 5) is 2.07. The summed E-state index contributed by atoms with van der Waals surface area (Å²) in [5.74, 6) is 4.05. The average molecular weight is 369 g/mol. The maximum absolute atomic E-state index is 3.43. The minimum absolute atomic E-state index is 0.856. The van der Waals surface area contributed by atoms with Crippen molar-refractivity contribution in [2.75, 3.05) is 0 Å². The summed E-state index contributed by atoms with van der Waals surface area (Å²) >= 11 is 3.43. The highest BCUT2D eigenvalue weighted by Gasteiger charge is 2.23. The van der Waals surface area contributed by atoms with E-state index in [9.17, 15) is 0 Å². The molecule has 0 aliphatic heterocycles. The van der Waals surface area contributed by atoms with Gasteiger partial charge in [-0.25, -0.2) is 0 Å². The smallest absolute Gasteiger partial charge is 0.0225 e. The Balaban J connectivity index is 1.54. The van der Waals surface area contributed by atoms with Gasteiger partial charge in [-0.05, 0) is 54.3 Å². The molecule has 2 aliphatic carbocycles. The average Bonchev–Trinajstić information content (AvgIpc) is 2.56. The molecule has 2 rings (SSSR count). The number of unbranched alkanes of at least 4 members (excludes halogenated alkanes) is 2. The lowest BCUT2D eigenvalue weighted by Gasteiger charge is -2.31. The molecule has 0 spiro atoms. The zero-order chi connectivity index (χ0) is 15.6. The number of hydrogen-bond donors (Lipinski definition) is 0. The van der Waals surface area contributed by atoms with Crippen molar-refractivity contribution in [3.63, 3.8) is 0 Å². The Morgan fingerprint density at radius 2 is 1.23 bits per heavy atom. The molecule has 2 fully saturated rings. The molecule has 0 aromatic carbocycles. The highest BCUT2D eigenvalue weighted by atomic mass is 79.9. The molecule has 0 amide bonds. The molecular formula is C21H37Br. The van der Waals surface area contributed by atoms with Crippen molar-refractivity contribution in [1.82, 2.24) is 0 Å². The van der Waals surface area contributed by atoms with E-state index in [1.54, 1.807) is 12.8 Å². The van der Waals surface area contributed by atoms with Gasteiger partial charge < -0.3 is 0 Å². The van der Waals surface area contributed by atoms with E-state index in [2.05, 4.69) is 33.9 Å². The van der Waals surface area contributed by atoms with Gasteiger partial charge in [0.05, 0.1) is 0 Å². The lowest BCUT2D eigenvalue weighted by Crippen LogP contribution is -2.17. The van der Waals surface area contributed by atoms with Crippen molar-refractivity contribution >= 4 is 15.9 Å². The Morgan fingerprint density at radius 1 is 0.727 bits per heavy atom. The predicted molar refractivity (Wildman–Crippen MR) is 102 cm³/mol. The fraction of sp³-hybridized carbons (Fsp3) is 0.905. The fourth-order valence-electron chi connectivity index (χ4n) is 4.74. The molecule has 0 aromatic heterocycles. The summed E-state index contributed by atoms with van der Waals surface area (Å²) in [7, 11) is 0. The summed E-state index contributed by atoms with van der Waals surface area (Å²) in [6.07, 6.45) is 23.2. The second-order valence-corrected chi connectivity index (χ2v) is 8.59. The summed E-state index contributed by atoms with van der Waals surface area (Å²) in [6.45, 7) is 2.32. The van der Waals surface area contributed by atoms with Crippen molar-refractivity contribution in [3.05, 3.63) is 11.1 Å². The zero-order valence-electron chi connectivity index (χ0n) is 14.7. The maximum Gasteiger partial charge on any atom is -0.0225 e. The molecule has 128 valence electrons. The molecule has 0 saturated heterocycles. The molecular weight excluding hydrogens is 332 g/mol. The standard InChI is InChI=1S/C21H37Br/c1-2-3-4-5-18-6-8-19(9-7-18)10-11-20-12-14-21(15-13-20)16-17-22/h16-21H,2-15H2,1H3/b17-16+. The molecule has 1 heteroatoms. The summed E-state index contributed by atoms with van der Waals surface area (Å²) in [5, 5.41) is 0. The normalized spacial score (nSPS) is 33.4. The topological polar surface area (TPSA) is 0 Å². The highest BCUT2D eigenvalue weighted by Crippen LogP contribution is 2.38. The lowest BCUT2D eigenvalue weighted by atomic mass is 9.75. The van der Waals surface area contributed by atoms with E-state index in [0.29, 0.717) is 0 Å². The van der Waals surface area contributed by atoms with E-state index in [1.807, 2.05) is 0 Å². The summed E-state index contributed by atoms with van der Waals surface area (Å²) in [5.41, 5.74) is 0. The van der Waals surface area contributed by atoms with Crippen LogP contribution in [0.2, 0.25) is 0 Å². The Labute approximate surface area is 147 Å². The lowest BCUT2D eigenvalue weighted by molar-refractivity contribution is 0.219. The molecule has 2 aliphatic rings. The van der Waals surface area contributed by atoms with Crippen LogP contribution < -0.4 is 0 Å². The summed E-state index contributed by atoms with van der Waals surface area (Å²) in [6, 6.07) is 0. The van der Waals surface area contributed by atoms with Gasteiger partial charge in [-0.1, -0.05) is 93.1 Å². The van der Waals surface area contributed by atoms with Gasteiger partial charge in [-0.15, -0.1) is 0 Å². The Bertz CT molecular complexity index is 293. The molecule has 0 atom stereocenters. The largest absolute Gasteiger partial charge is 0.0745 e. The Morgan fingerprint density at radius 3 is 1.73 bits per heavy atom. The number of halogens is 1. The first-order chi connectivity index (χ1) is 10.8. The second kappa shape index (κ2) is 10.9. The first-order valence-electron chi connectivity index (χ1n) is 10.1. The zero-order valence-corrected chi connectivity index (χ0v) is 16.3.